The molecule has 0 fully saturated rings. The van der Waals surface area contributed by atoms with Crippen molar-refractivity contribution in [1.29, 1.82) is 0 Å². The zero-order valence-corrected chi connectivity index (χ0v) is 8.48. The van der Waals surface area contributed by atoms with Gasteiger partial charge in [-0.15, -0.1) is 0 Å². The lowest BCUT2D eigenvalue weighted by atomic mass is 10.1. The molecule has 0 aliphatic carbocycles. The Balaban J connectivity index is 2.22. The second-order valence-corrected chi connectivity index (χ2v) is 3.65. The van der Waals surface area contributed by atoms with Crippen LogP contribution in [0.1, 0.15) is 0 Å². The molecular weight excluding hydrogens is 203 g/mol. The molecule has 2 heteroatoms. The molecule has 0 bridgehead atoms. The topological polar surface area (TPSA) is 13.1 Å². The molecule has 1 heterocycles. The summed E-state index contributed by atoms with van der Waals surface area (Å²) in [5, 5.41) is 1.05. The van der Waals surface area contributed by atoms with Gasteiger partial charge in [-0.1, -0.05) is 30.3 Å². The van der Waals surface area contributed by atoms with Gasteiger partial charge >= 0.3 is 0 Å². The van der Waals surface area contributed by atoms with Crippen molar-refractivity contribution in [3.05, 3.63) is 60.6 Å². The van der Waals surface area contributed by atoms with Crippen molar-refractivity contribution < 1.29 is 8.81 Å². The molecule has 0 unspecified atom stereocenters. The summed E-state index contributed by atoms with van der Waals surface area (Å²) in [5.41, 5.74) is 2.81. The van der Waals surface area contributed by atoms with E-state index < -0.39 is 0 Å². The average molecular weight is 212 g/mol. The third-order valence-electron chi connectivity index (χ3n) is 2.64. The number of halogens is 1. The Morgan fingerprint density at radius 3 is 2.44 bits per heavy atom. The standard InChI is InChI=1S/C14H9FO/c15-11-7-5-10(6-8-11)13-9-16-14-4-2-1-3-12(13)14/h1-9H. The zero-order valence-electron chi connectivity index (χ0n) is 8.48. The predicted octanol–water partition coefficient (Wildman–Crippen LogP) is 4.24. The molecule has 3 rings (SSSR count). The molecule has 0 atom stereocenters. The number of benzene rings is 2. The first-order valence-electron chi connectivity index (χ1n) is 5.07. The predicted molar refractivity (Wildman–Crippen MR) is 61.6 cm³/mol. The molecule has 3 aromatic rings. The summed E-state index contributed by atoms with van der Waals surface area (Å²) in [4.78, 5) is 0. The SMILES string of the molecule is Fc1ccc(-c2coc3ccccc23)cc1. The largest absolute Gasteiger partial charge is 0.464 e. The fourth-order valence-corrected chi connectivity index (χ4v) is 1.83. The number of furan rings is 1. The summed E-state index contributed by atoms with van der Waals surface area (Å²) in [6.45, 7) is 0. The number of fused-ring (bicyclic) bond motifs is 1. The van der Waals surface area contributed by atoms with Gasteiger partial charge in [-0.2, -0.15) is 0 Å². The minimum absolute atomic E-state index is 0.225. The minimum atomic E-state index is -0.225. The van der Waals surface area contributed by atoms with Crippen LogP contribution < -0.4 is 0 Å². The highest BCUT2D eigenvalue weighted by Gasteiger charge is 2.06. The van der Waals surface area contributed by atoms with E-state index in [1.54, 1.807) is 18.4 Å². The molecule has 1 aromatic heterocycles. The Morgan fingerprint density at radius 2 is 1.62 bits per heavy atom. The van der Waals surface area contributed by atoms with Gasteiger partial charge in [0.15, 0.2) is 0 Å². The molecule has 78 valence electrons. The second kappa shape index (κ2) is 3.49. The van der Waals surface area contributed by atoms with E-state index in [2.05, 4.69) is 0 Å². The van der Waals surface area contributed by atoms with Gasteiger partial charge in [0, 0.05) is 10.9 Å². The van der Waals surface area contributed by atoms with Crippen molar-refractivity contribution in [1.82, 2.24) is 0 Å². The van der Waals surface area contributed by atoms with Gasteiger partial charge in [0.2, 0.25) is 0 Å². The summed E-state index contributed by atoms with van der Waals surface area (Å²) in [6.07, 6.45) is 1.71. The fraction of sp³-hybridized carbons (Fsp3) is 0. The van der Waals surface area contributed by atoms with Crippen molar-refractivity contribution in [3.8, 4) is 11.1 Å². The number of rotatable bonds is 1. The molecule has 0 aliphatic heterocycles. The van der Waals surface area contributed by atoms with E-state index in [0.717, 1.165) is 22.1 Å². The van der Waals surface area contributed by atoms with E-state index >= 15 is 0 Å². The second-order valence-electron chi connectivity index (χ2n) is 3.65. The Morgan fingerprint density at radius 1 is 0.875 bits per heavy atom. The number of para-hydroxylation sites is 1. The van der Waals surface area contributed by atoms with Gasteiger partial charge in [-0.25, -0.2) is 4.39 Å². The van der Waals surface area contributed by atoms with E-state index in [9.17, 15) is 4.39 Å². The highest BCUT2D eigenvalue weighted by atomic mass is 19.1. The molecule has 0 saturated heterocycles. The molecule has 16 heavy (non-hydrogen) atoms. The van der Waals surface area contributed by atoms with Crippen LogP contribution in [0.4, 0.5) is 4.39 Å². The van der Waals surface area contributed by atoms with Crippen molar-refractivity contribution in [2.24, 2.45) is 0 Å². The molecule has 2 aromatic carbocycles. The van der Waals surface area contributed by atoms with Gasteiger partial charge in [0.05, 0.1) is 6.26 Å². The summed E-state index contributed by atoms with van der Waals surface area (Å²) in [7, 11) is 0. The average Bonchev–Trinajstić information content (AvgIpc) is 2.74. The lowest BCUT2D eigenvalue weighted by molar-refractivity contribution is 0.616. The van der Waals surface area contributed by atoms with Gasteiger partial charge in [-0.3, -0.25) is 0 Å². The number of hydrogen-bond donors (Lipinski definition) is 0. The van der Waals surface area contributed by atoms with E-state index in [4.69, 9.17) is 4.42 Å². The Kier molecular flexibility index (Phi) is 2.00. The Bertz CT molecular complexity index is 623. The number of hydrogen-bond acceptors (Lipinski definition) is 1. The highest BCUT2D eigenvalue weighted by Crippen LogP contribution is 2.30. The molecular formula is C14H9FO. The lowest BCUT2D eigenvalue weighted by Crippen LogP contribution is -1.76. The third kappa shape index (κ3) is 1.39. The van der Waals surface area contributed by atoms with Crippen LogP contribution in [0.25, 0.3) is 22.1 Å². The summed E-state index contributed by atoms with van der Waals surface area (Å²) in [6, 6.07) is 14.2. The maximum Gasteiger partial charge on any atom is 0.134 e. The molecule has 0 saturated carbocycles. The first-order valence-corrected chi connectivity index (χ1v) is 5.07. The molecule has 0 amide bonds. The van der Waals surface area contributed by atoms with Crippen LogP contribution in [-0.4, -0.2) is 0 Å². The summed E-state index contributed by atoms with van der Waals surface area (Å²) >= 11 is 0. The lowest BCUT2D eigenvalue weighted by Gasteiger charge is -1.97. The van der Waals surface area contributed by atoms with Crippen LogP contribution >= 0.6 is 0 Å². The minimum Gasteiger partial charge on any atom is -0.464 e. The van der Waals surface area contributed by atoms with E-state index in [1.165, 1.54) is 12.1 Å². The van der Waals surface area contributed by atoms with Gasteiger partial charge in [0.1, 0.15) is 11.4 Å². The maximum atomic E-state index is 12.8. The quantitative estimate of drug-likeness (QED) is 0.588. The Labute approximate surface area is 92.1 Å². The maximum absolute atomic E-state index is 12.8. The van der Waals surface area contributed by atoms with Crippen molar-refractivity contribution in [3.63, 3.8) is 0 Å². The van der Waals surface area contributed by atoms with E-state index in [1.807, 2.05) is 24.3 Å². The zero-order chi connectivity index (χ0) is 11.0. The van der Waals surface area contributed by atoms with Crippen LogP contribution in [-0.2, 0) is 0 Å². The van der Waals surface area contributed by atoms with Gasteiger partial charge in [0.25, 0.3) is 0 Å². The van der Waals surface area contributed by atoms with E-state index in [-0.39, 0.29) is 5.82 Å². The first-order chi connectivity index (χ1) is 7.84. The summed E-state index contributed by atoms with van der Waals surface area (Å²) in [5.74, 6) is -0.225. The smallest absolute Gasteiger partial charge is 0.134 e. The van der Waals surface area contributed by atoms with Crippen LogP contribution in [0.15, 0.2) is 59.2 Å². The van der Waals surface area contributed by atoms with Crippen LogP contribution in [0.3, 0.4) is 0 Å². The molecule has 0 aliphatic rings. The molecule has 0 N–H and O–H groups in total. The van der Waals surface area contributed by atoms with E-state index in [0.29, 0.717) is 0 Å². The van der Waals surface area contributed by atoms with Crippen molar-refractivity contribution in [2.45, 2.75) is 0 Å². The Hall–Kier alpha value is -2.09. The monoisotopic (exact) mass is 212 g/mol. The summed E-state index contributed by atoms with van der Waals surface area (Å²) < 4.78 is 18.3. The van der Waals surface area contributed by atoms with Crippen molar-refractivity contribution >= 4 is 11.0 Å². The van der Waals surface area contributed by atoms with Gasteiger partial charge in [-0.05, 0) is 23.8 Å². The van der Waals surface area contributed by atoms with Crippen molar-refractivity contribution in [2.75, 3.05) is 0 Å². The molecule has 0 radical (unpaired) electrons. The van der Waals surface area contributed by atoms with Crippen LogP contribution in [0.5, 0.6) is 0 Å². The third-order valence-corrected chi connectivity index (χ3v) is 2.64. The van der Waals surface area contributed by atoms with Crippen LogP contribution in [0.2, 0.25) is 0 Å². The van der Waals surface area contributed by atoms with Gasteiger partial charge < -0.3 is 4.42 Å². The molecule has 0 spiro atoms. The highest BCUT2D eigenvalue weighted by molar-refractivity contribution is 5.93. The normalized spacial score (nSPS) is 10.8. The molecule has 1 nitrogen and oxygen atoms in total. The van der Waals surface area contributed by atoms with Crippen LogP contribution in [0, 0.1) is 5.82 Å². The fourth-order valence-electron chi connectivity index (χ4n) is 1.83. The first kappa shape index (κ1) is 9.16.